The summed E-state index contributed by atoms with van der Waals surface area (Å²) >= 11 is 5.90. The minimum Gasteiger partial charge on any atom is -0.361 e. The molecule has 1 aromatic heterocycles. The predicted molar refractivity (Wildman–Crippen MR) is 63.2 cm³/mol. The van der Waals surface area contributed by atoms with Gasteiger partial charge in [-0.1, -0.05) is 22.8 Å². The van der Waals surface area contributed by atoms with Gasteiger partial charge in [0.1, 0.15) is 11.6 Å². The first-order chi connectivity index (χ1) is 8.16. The lowest BCUT2D eigenvalue weighted by Gasteiger charge is -2.06. The Balaban J connectivity index is 1.94. The summed E-state index contributed by atoms with van der Waals surface area (Å²) in [5.74, 6) is 0.451. The van der Waals surface area contributed by atoms with E-state index in [1.165, 1.54) is 6.07 Å². The molecule has 1 heterocycles. The molecule has 1 aromatic carbocycles. The van der Waals surface area contributed by atoms with Crippen LogP contribution in [0.4, 0.5) is 4.39 Å². The van der Waals surface area contributed by atoms with Gasteiger partial charge in [0.05, 0.1) is 5.69 Å². The van der Waals surface area contributed by atoms with E-state index in [0.717, 1.165) is 11.5 Å². The fourth-order valence-electron chi connectivity index (χ4n) is 1.52. The number of nitrogens with one attached hydrogen (secondary N) is 1. The van der Waals surface area contributed by atoms with Crippen molar-refractivity contribution in [3.8, 4) is 0 Å². The summed E-state index contributed by atoms with van der Waals surface area (Å²) in [4.78, 5) is 0. The number of hydrogen-bond donors (Lipinski definition) is 1. The normalized spacial score (nSPS) is 10.8. The number of benzene rings is 1. The molecular weight excluding hydrogens is 243 g/mol. The molecule has 0 saturated heterocycles. The first-order valence-corrected chi connectivity index (χ1v) is 5.60. The van der Waals surface area contributed by atoms with Gasteiger partial charge < -0.3 is 9.84 Å². The molecule has 0 atom stereocenters. The van der Waals surface area contributed by atoms with Gasteiger partial charge in [-0.2, -0.15) is 0 Å². The number of nitrogens with zero attached hydrogens (tertiary/aromatic N) is 1. The minimum absolute atomic E-state index is 0.304. The molecule has 0 aliphatic carbocycles. The molecule has 0 spiro atoms. The largest absolute Gasteiger partial charge is 0.361 e. The van der Waals surface area contributed by atoms with Gasteiger partial charge in [-0.3, -0.25) is 0 Å². The second kappa shape index (κ2) is 5.29. The molecule has 0 aliphatic heterocycles. The monoisotopic (exact) mass is 254 g/mol. The zero-order chi connectivity index (χ0) is 12.3. The van der Waals surface area contributed by atoms with Crippen molar-refractivity contribution in [3.63, 3.8) is 0 Å². The van der Waals surface area contributed by atoms with Crippen LogP contribution in [0.15, 0.2) is 28.8 Å². The van der Waals surface area contributed by atoms with Crippen molar-refractivity contribution in [1.82, 2.24) is 10.5 Å². The van der Waals surface area contributed by atoms with Gasteiger partial charge in [0.25, 0.3) is 0 Å². The van der Waals surface area contributed by atoms with Crippen LogP contribution in [0.2, 0.25) is 5.02 Å². The molecule has 3 nitrogen and oxygen atoms in total. The zero-order valence-electron chi connectivity index (χ0n) is 9.34. The maximum Gasteiger partial charge on any atom is 0.133 e. The van der Waals surface area contributed by atoms with Gasteiger partial charge in [0.15, 0.2) is 0 Å². The molecule has 0 saturated carbocycles. The summed E-state index contributed by atoms with van der Waals surface area (Å²) in [7, 11) is 0. The number of aromatic nitrogens is 1. The molecule has 0 fully saturated rings. The van der Waals surface area contributed by atoms with Gasteiger partial charge in [-0.15, -0.1) is 0 Å². The van der Waals surface area contributed by atoms with Crippen LogP contribution in [-0.4, -0.2) is 5.16 Å². The Morgan fingerprint density at radius 1 is 1.41 bits per heavy atom. The van der Waals surface area contributed by atoms with E-state index in [4.69, 9.17) is 16.1 Å². The van der Waals surface area contributed by atoms with E-state index in [0.29, 0.717) is 23.7 Å². The van der Waals surface area contributed by atoms with Gasteiger partial charge in [0.2, 0.25) is 0 Å². The average molecular weight is 255 g/mol. The molecule has 0 bridgehead atoms. The molecule has 0 unspecified atom stereocenters. The van der Waals surface area contributed by atoms with Gasteiger partial charge >= 0.3 is 0 Å². The van der Waals surface area contributed by atoms with Gasteiger partial charge in [0, 0.05) is 29.7 Å². The molecule has 0 aliphatic rings. The van der Waals surface area contributed by atoms with E-state index >= 15 is 0 Å². The Hall–Kier alpha value is -1.39. The summed E-state index contributed by atoms with van der Waals surface area (Å²) in [6.07, 6.45) is 0. The Labute approximate surface area is 104 Å². The maximum atomic E-state index is 13.4. The van der Waals surface area contributed by atoms with Crippen molar-refractivity contribution in [2.24, 2.45) is 0 Å². The van der Waals surface area contributed by atoms with Crippen LogP contribution in [0.1, 0.15) is 17.0 Å². The standard InChI is InChI=1S/C12H12ClFN2O/c1-8-5-9(16-17-8)6-15-7-10-11(13)3-2-4-12(10)14/h2-5,15H,6-7H2,1H3. The second-order valence-corrected chi connectivity index (χ2v) is 4.14. The molecule has 90 valence electrons. The maximum absolute atomic E-state index is 13.4. The van der Waals surface area contributed by atoms with Crippen LogP contribution in [0.5, 0.6) is 0 Å². The van der Waals surface area contributed by atoms with E-state index in [-0.39, 0.29) is 5.82 Å². The number of rotatable bonds is 4. The smallest absolute Gasteiger partial charge is 0.133 e. The predicted octanol–water partition coefficient (Wildman–Crippen LogP) is 3.07. The van der Waals surface area contributed by atoms with Crippen molar-refractivity contribution >= 4 is 11.6 Å². The van der Waals surface area contributed by atoms with Crippen LogP contribution in [-0.2, 0) is 13.1 Å². The Kier molecular flexibility index (Phi) is 3.76. The summed E-state index contributed by atoms with van der Waals surface area (Å²) < 4.78 is 18.3. The summed E-state index contributed by atoms with van der Waals surface area (Å²) in [5.41, 5.74) is 1.25. The molecule has 5 heteroatoms. The van der Waals surface area contributed by atoms with E-state index in [2.05, 4.69) is 10.5 Å². The van der Waals surface area contributed by atoms with E-state index in [1.54, 1.807) is 12.1 Å². The Bertz CT molecular complexity index is 493. The Morgan fingerprint density at radius 3 is 2.88 bits per heavy atom. The van der Waals surface area contributed by atoms with Crippen LogP contribution >= 0.6 is 11.6 Å². The van der Waals surface area contributed by atoms with Crippen molar-refractivity contribution in [2.75, 3.05) is 0 Å². The molecule has 2 aromatic rings. The van der Waals surface area contributed by atoms with Gasteiger partial charge in [-0.05, 0) is 19.1 Å². The molecule has 2 rings (SSSR count). The highest BCUT2D eigenvalue weighted by Crippen LogP contribution is 2.18. The van der Waals surface area contributed by atoms with Gasteiger partial charge in [-0.25, -0.2) is 4.39 Å². The lowest BCUT2D eigenvalue weighted by Crippen LogP contribution is -2.14. The van der Waals surface area contributed by atoms with Crippen LogP contribution in [0, 0.1) is 12.7 Å². The first kappa shape index (κ1) is 12.1. The van der Waals surface area contributed by atoms with E-state index in [9.17, 15) is 4.39 Å². The first-order valence-electron chi connectivity index (χ1n) is 5.22. The number of aryl methyl sites for hydroxylation is 1. The highest BCUT2D eigenvalue weighted by atomic mass is 35.5. The third kappa shape index (κ3) is 3.05. The molecule has 17 heavy (non-hydrogen) atoms. The van der Waals surface area contributed by atoms with Crippen LogP contribution in [0.25, 0.3) is 0 Å². The van der Waals surface area contributed by atoms with Crippen LogP contribution in [0.3, 0.4) is 0 Å². The quantitative estimate of drug-likeness (QED) is 0.911. The second-order valence-electron chi connectivity index (χ2n) is 3.73. The van der Waals surface area contributed by atoms with Crippen molar-refractivity contribution in [1.29, 1.82) is 0 Å². The topological polar surface area (TPSA) is 38.1 Å². The third-order valence-electron chi connectivity index (χ3n) is 2.35. The summed E-state index contributed by atoms with van der Waals surface area (Å²) in [6, 6.07) is 6.48. The average Bonchev–Trinajstić information content (AvgIpc) is 2.69. The number of hydrogen-bond acceptors (Lipinski definition) is 3. The summed E-state index contributed by atoms with van der Waals surface area (Å²) in [6.45, 7) is 2.70. The molecular formula is C12H12ClFN2O. The SMILES string of the molecule is Cc1cc(CNCc2c(F)cccc2Cl)no1. The molecule has 0 amide bonds. The van der Waals surface area contributed by atoms with Crippen LogP contribution < -0.4 is 5.32 Å². The lowest BCUT2D eigenvalue weighted by atomic mass is 10.2. The zero-order valence-corrected chi connectivity index (χ0v) is 10.1. The van der Waals surface area contributed by atoms with E-state index in [1.807, 2.05) is 13.0 Å². The molecule has 0 radical (unpaired) electrons. The fraction of sp³-hybridized carbons (Fsp3) is 0.250. The summed E-state index contributed by atoms with van der Waals surface area (Å²) in [5, 5.41) is 7.32. The highest BCUT2D eigenvalue weighted by molar-refractivity contribution is 6.31. The lowest BCUT2D eigenvalue weighted by molar-refractivity contribution is 0.388. The Morgan fingerprint density at radius 2 is 2.24 bits per heavy atom. The molecule has 1 N–H and O–H groups in total. The van der Waals surface area contributed by atoms with E-state index < -0.39 is 0 Å². The highest BCUT2D eigenvalue weighted by Gasteiger charge is 2.06. The van der Waals surface area contributed by atoms with Crippen molar-refractivity contribution in [3.05, 3.63) is 52.1 Å². The fourth-order valence-corrected chi connectivity index (χ4v) is 1.75. The van der Waals surface area contributed by atoms with Crippen molar-refractivity contribution < 1.29 is 8.91 Å². The minimum atomic E-state index is -0.304. The third-order valence-corrected chi connectivity index (χ3v) is 2.70. The van der Waals surface area contributed by atoms with Crippen molar-refractivity contribution in [2.45, 2.75) is 20.0 Å². The number of halogens is 2.